The molecule has 0 amide bonds. The molecular weight excluding hydrogens is 170 g/mol. The summed E-state index contributed by atoms with van der Waals surface area (Å²) in [6.45, 7) is 3.52. The average Bonchev–Trinajstić information content (AvgIpc) is 2.46. The maximum Gasteiger partial charge on any atom is 0.190 e. The molecule has 13 heavy (non-hydrogen) atoms. The number of hydrogen-bond donors (Lipinski definition) is 0. The maximum atomic E-state index is 10.5. The Labute approximate surface area is 75.0 Å². The highest BCUT2D eigenvalue weighted by Gasteiger charge is 2.12. The van der Waals surface area contributed by atoms with Crippen LogP contribution in [0.1, 0.15) is 24.2 Å². The highest BCUT2D eigenvalue weighted by Crippen LogP contribution is 2.26. The van der Waals surface area contributed by atoms with Gasteiger partial charge in [-0.05, 0) is 36.1 Å². The van der Waals surface area contributed by atoms with Gasteiger partial charge in [0.15, 0.2) is 5.88 Å². The largest absolute Gasteiger partial charge is 0.458 e. The van der Waals surface area contributed by atoms with Crippen molar-refractivity contribution in [2.45, 2.75) is 19.8 Å². The Balaban J connectivity index is 3.09. The van der Waals surface area contributed by atoms with Crippen molar-refractivity contribution in [3.05, 3.63) is 27.8 Å². The first-order chi connectivity index (χ1) is 6.19. The zero-order valence-electron chi connectivity index (χ0n) is 7.39. The molecule has 0 saturated carbocycles. The molecule has 1 rings (SSSR count). The fourth-order valence-corrected chi connectivity index (χ4v) is 1.09. The normalized spacial score (nSPS) is 11.8. The van der Waals surface area contributed by atoms with Crippen molar-refractivity contribution in [1.82, 2.24) is 0 Å². The molecule has 0 saturated heterocycles. The van der Waals surface area contributed by atoms with Crippen LogP contribution in [0.4, 0.5) is 5.88 Å². The van der Waals surface area contributed by atoms with E-state index < -0.39 is 0 Å². The van der Waals surface area contributed by atoms with E-state index in [1.54, 1.807) is 19.9 Å². The van der Waals surface area contributed by atoms with Gasteiger partial charge in [0.1, 0.15) is 12.0 Å². The molecule has 1 heterocycles. The fraction of sp³-hybridized carbons (Fsp3) is 0.375. The first-order valence-corrected chi connectivity index (χ1v) is 3.79. The van der Waals surface area contributed by atoms with E-state index in [9.17, 15) is 4.79 Å². The second-order valence-electron chi connectivity index (χ2n) is 2.75. The van der Waals surface area contributed by atoms with Crippen molar-refractivity contribution in [2.75, 3.05) is 0 Å². The summed E-state index contributed by atoms with van der Waals surface area (Å²) in [6.07, 6.45) is 0.783. The monoisotopic (exact) mass is 179 g/mol. The van der Waals surface area contributed by atoms with Crippen molar-refractivity contribution < 1.29 is 9.21 Å². The van der Waals surface area contributed by atoms with Gasteiger partial charge in [0.25, 0.3) is 0 Å². The van der Waals surface area contributed by atoms with Crippen molar-refractivity contribution in [3.63, 3.8) is 0 Å². The molecule has 0 aliphatic heterocycles. The van der Waals surface area contributed by atoms with Gasteiger partial charge in [0.05, 0.1) is 5.92 Å². The van der Waals surface area contributed by atoms with Crippen LogP contribution in [0.3, 0.4) is 0 Å². The molecule has 0 spiro atoms. The van der Waals surface area contributed by atoms with E-state index in [0.29, 0.717) is 5.76 Å². The van der Waals surface area contributed by atoms with Crippen LogP contribution in [0.25, 0.3) is 10.4 Å². The Morgan fingerprint density at radius 2 is 2.46 bits per heavy atom. The van der Waals surface area contributed by atoms with Crippen molar-refractivity contribution >= 4 is 12.2 Å². The molecule has 0 aromatic carbocycles. The van der Waals surface area contributed by atoms with Crippen LogP contribution in [0.5, 0.6) is 0 Å². The minimum absolute atomic E-state index is 0.198. The summed E-state index contributed by atoms with van der Waals surface area (Å²) in [7, 11) is 0. The summed E-state index contributed by atoms with van der Waals surface area (Å²) < 4.78 is 5.16. The summed E-state index contributed by atoms with van der Waals surface area (Å²) >= 11 is 0. The third kappa shape index (κ3) is 1.89. The van der Waals surface area contributed by atoms with E-state index in [0.717, 1.165) is 11.8 Å². The fourth-order valence-electron chi connectivity index (χ4n) is 1.09. The van der Waals surface area contributed by atoms with Crippen molar-refractivity contribution in [2.24, 2.45) is 5.11 Å². The van der Waals surface area contributed by atoms with Gasteiger partial charge in [0.2, 0.25) is 0 Å². The molecule has 1 atom stereocenters. The lowest BCUT2D eigenvalue weighted by molar-refractivity contribution is -0.109. The lowest BCUT2D eigenvalue weighted by Gasteiger charge is -1.98. The van der Waals surface area contributed by atoms with Crippen molar-refractivity contribution in [3.8, 4) is 0 Å². The minimum atomic E-state index is -0.303. The van der Waals surface area contributed by atoms with E-state index in [-0.39, 0.29) is 11.8 Å². The SMILES string of the molecule is Cc1cc(N=[N+]=[N-])oc1C(C)C=O. The number of hydrogen-bond acceptors (Lipinski definition) is 3. The smallest absolute Gasteiger partial charge is 0.190 e. The third-order valence-corrected chi connectivity index (χ3v) is 1.70. The Hall–Kier alpha value is -1.74. The third-order valence-electron chi connectivity index (χ3n) is 1.70. The van der Waals surface area contributed by atoms with E-state index >= 15 is 0 Å². The first-order valence-electron chi connectivity index (χ1n) is 3.79. The van der Waals surface area contributed by atoms with Gasteiger partial charge >= 0.3 is 0 Å². The Bertz CT molecular complexity index is 363. The molecule has 1 unspecified atom stereocenters. The molecule has 0 aliphatic carbocycles. The predicted molar refractivity (Wildman–Crippen MR) is 46.7 cm³/mol. The Morgan fingerprint density at radius 1 is 1.77 bits per heavy atom. The van der Waals surface area contributed by atoms with E-state index in [4.69, 9.17) is 9.95 Å². The van der Waals surface area contributed by atoms with Gasteiger partial charge in [-0.2, -0.15) is 0 Å². The summed E-state index contributed by atoms with van der Waals surface area (Å²) in [4.78, 5) is 13.0. The number of furan rings is 1. The van der Waals surface area contributed by atoms with Crippen LogP contribution in [0.15, 0.2) is 15.6 Å². The molecule has 5 nitrogen and oxygen atoms in total. The zero-order chi connectivity index (χ0) is 9.84. The second-order valence-corrected chi connectivity index (χ2v) is 2.75. The van der Waals surface area contributed by atoms with E-state index in [2.05, 4.69) is 10.0 Å². The maximum absolute atomic E-state index is 10.5. The van der Waals surface area contributed by atoms with Crippen molar-refractivity contribution in [1.29, 1.82) is 0 Å². The molecule has 0 fully saturated rings. The highest BCUT2D eigenvalue weighted by atomic mass is 16.4. The lowest BCUT2D eigenvalue weighted by Crippen LogP contribution is -1.93. The van der Waals surface area contributed by atoms with Gasteiger partial charge in [-0.1, -0.05) is 0 Å². The summed E-state index contributed by atoms with van der Waals surface area (Å²) in [5.41, 5.74) is 8.97. The molecule has 0 radical (unpaired) electrons. The molecular formula is C8H9N3O2. The van der Waals surface area contributed by atoms with Crippen LogP contribution >= 0.6 is 0 Å². The molecule has 0 aliphatic rings. The van der Waals surface area contributed by atoms with Crippen LogP contribution in [-0.4, -0.2) is 6.29 Å². The number of aryl methyl sites for hydroxylation is 1. The van der Waals surface area contributed by atoms with E-state index in [1.165, 1.54) is 0 Å². The predicted octanol–water partition coefficient (Wildman–Crippen LogP) is 2.83. The first kappa shape index (κ1) is 9.35. The van der Waals surface area contributed by atoms with E-state index in [1.807, 2.05) is 0 Å². The highest BCUT2D eigenvalue weighted by molar-refractivity contribution is 5.61. The van der Waals surface area contributed by atoms with Crippen LogP contribution in [-0.2, 0) is 4.79 Å². The van der Waals surface area contributed by atoms with Crippen LogP contribution in [0.2, 0.25) is 0 Å². The summed E-state index contributed by atoms with van der Waals surface area (Å²) in [6, 6.07) is 1.61. The zero-order valence-corrected chi connectivity index (χ0v) is 7.39. The molecule has 0 bridgehead atoms. The molecule has 1 aromatic heterocycles. The second kappa shape index (κ2) is 3.78. The molecule has 1 aromatic rings. The van der Waals surface area contributed by atoms with Gasteiger partial charge in [-0.25, -0.2) is 0 Å². The van der Waals surface area contributed by atoms with Crippen LogP contribution < -0.4 is 0 Å². The summed E-state index contributed by atoms with van der Waals surface area (Å²) in [5, 5.41) is 3.30. The quantitative estimate of drug-likeness (QED) is 0.309. The standard InChI is InChI=1S/C8H9N3O2/c1-5-3-7(10-11-9)13-8(5)6(2)4-12/h3-4,6H,1-2H3. The lowest BCUT2D eigenvalue weighted by atomic mass is 10.1. The molecule has 68 valence electrons. The Morgan fingerprint density at radius 3 is 3.00 bits per heavy atom. The minimum Gasteiger partial charge on any atom is -0.458 e. The van der Waals surface area contributed by atoms with Gasteiger partial charge < -0.3 is 9.21 Å². The number of azide groups is 1. The number of carbonyl (C=O) groups is 1. The molecule has 0 N–H and O–H groups in total. The topological polar surface area (TPSA) is 79.0 Å². The summed E-state index contributed by atoms with van der Waals surface area (Å²) in [5.74, 6) is 0.448. The molecule has 5 heteroatoms. The van der Waals surface area contributed by atoms with Gasteiger partial charge in [0, 0.05) is 4.91 Å². The van der Waals surface area contributed by atoms with Gasteiger partial charge in [-0.15, -0.1) is 0 Å². The average molecular weight is 179 g/mol. The van der Waals surface area contributed by atoms with Gasteiger partial charge in [-0.3, -0.25) is 0 Å². The number of rotatable bonds is 3. The van der Waals surface area contributed by atoms with Crippen LogP contribution in [0, 0.1) is 6.92 Å². The Kier molecular flexibility index (Phi) is 2.72. The number of nitrogens with zero attached hydrogens (tertiary/aromatic N) is 3. The number of carbonyl (C=O) groups excluding carboxylic acids is 1. The number of aldehydes is 1.